The second kappa shape index (κ2) is 11.5. The minimum absolute atomic E-state index is 0.222. The number of halogens is 1. The Bertz CT molecular complexity index is 1970. The zero-order valence-electron chi connectivity index (χ0n) is 26.9. The quantitative estimate of drug-likeness (QED) is 0.180. The van der Waals surface area contributed by atoms with E-state index in [0.29, 0.717) is 5.92 Å². The minimum atomic E-state index is -0.231. The van der Waals surface area contributed by atoms with E-state index in [4.69, 9.17) is 0 Å². The highest BCUT2D eigenvalue weighted by Gasteiger charge is 2.45. The van der Waals surface area contributed by atoms with Crippen LogP contribution in [0, 0.1) is 11.7 Å². The van der Waals surface area contributed by atoms with Crippen LogP contribution in [0.5, 0.6) is 0 Å². The molecule has 2 aromatic heterocycles. The number of fused-ring (bicyclic) bond motifs is 11. The first-order chi connectivity index (χ1) is 21.9. The third-order valence-electron chi connectivity index (χ3n) is 10.5. The molecule has 4 nitrogen and oxygen atoms in total. The number of rotatable bonds is 8. The summed E-state index contributed by atoms with van der Waals surface area (Å²) in [6.45, 7) is 14.2. The van der Waals surface area contributed by atoms with E-state index >= 15 is 0 Å². The maximum atomic E-state index is 14.3. The highest BCUT2D eigenvalue weighted by Crippen LogP contribution is 2.54. The van der Waals surface area contributed by atoms with Gasteiger partial charge in [-0.2, -0.15) is 0 Å². The Morgan fingerprint density at radius 3 is 2.49 bits per heavy atom. The molecule has 2 aliphatic rings. The van der Waals surface area contributed by atoms with Gasteiger partial charge in [0.25, 0.3) is 0 Å². The summed E-state index contributed by atoms with van der Waals surface area (Å²) in [5.41, 5.74) is 10.6. The molecule has 4 atom stereocenters. The Kier molecular flexibility index (Phi) is 7.53. The van der Waals surface area contributed by atoms with Crippen LogP contribution in [0.4, 0.5) is 4.39 Å². The molecular formula is C40H43FN4. The van der Waals surface area contributed by atoms with E-state index in [1.165, 1.54) is 56.0 Å². The molecule has 1 aliphatic heterocycles. The Morgan fingerprint density at radius 1 is 1.00 bits per heavy atom. The predicted molar refractivity (Wildman–Crippen MR) is 188 cm³/mol. The Balaban J connectivity index is 1.52. The number of hydrogen-bond donors (Lipinski definition) is 1. The van der Waals surface area contributed by atoms with E-state index in [1.54, 1.807) is 12.1 Å². The smallest absolute Gasteiger partial charge is 0.123 e. The molecular weight excluding hydrogens is 555 g/mol. The lowest BCUT2D eigenvalue weighted by Gasteiger charge is -2.47. The number of aromatic nitrogens is 2. The maximum absolute atomic E-state index is 14.3. The van der Waals surface area contributed by atoms with Crippen LogP contribution >= 0.6 is 0 Å². The molecule has 2 bridgehead atoms. The van der Waals surface area contributed by atoms with Gasteiger partial charge in [0.05, 0.1) is 11.4 Å². The van der Waals surface area contributed by atoms with Crippen molar-refractivity contribution in [1.82, 2.24) is 19.4 Å². The van der Waals surface area contributed by atoms with Crippen LogP contribution in [-0.4, -0.2) is 40.7 Å². The normalized spacial score (nSPS) is 21.2. The summed E-state index contributed by atoms with van der Waals surface area (Å²) in [6.07, 6.45) is 5.12. The third kappa shape index (κ3) is 4.59. The van der Waals surface area contributed by atoms with E-state index in [0.717, 1.165) is 37.1 Å². The fourth-order valence-electron chi connectivity index (χ4n) is 8.56. The average Bonchev–Trinajstić information content (AvgIpc) is 3.57. The molecule has 1 N–H and O–H groups in total. The second-order valence-electron chi connectivity index (χ2n) is 12.9. The number of nitrogens with one attached hydrogen (secondary N) is 1. The van der Waals surface area contributed by atoms with Crippen LogP contribution in [0.25, 0.3) is 44.5 Å². The van der Waals surface area contributed by atoms with Crippen LogP contribution in [0.2, 0.25) is 0 Å². The van der Waals surface area contributed by atoms with Gasteiger partial charge in [0.1, 0.15) is 5.82 Å². The summed E-state index contributed by atoms with van der Waals surface area (Å²) in [4.78, 5) is 2.34. The molecule has 3 heterocycles. The topological polar surface area (TPSA) is 25.1 Å². The van der Waals surface area contributed by atoms with Gasteiger partial charge in [0, 0.05) is 70.3 Å². The van der Waals surface area contributed by atoms with Gasteiger partial charge in [-0.25, -0.2) is 4.39 Å². The van der Waals surface area contributed by atoms with Crippen molar-refractivity contribution in [2.24, 2.45) is 5.92 Å². The average molecular weight is 599 g/mol. The van der Waals surface area contributed by atoms with Gasteiger partial charge in [0.2, 0.25) is 0 Å². The van der Waals surface area contributed by atoms with Crippen LogP contribution in [-0.2, 0) is 0 Å². The lowest BCUT2D eigenvalue weighted by molar-refractivity contribution is 0.0969. The number of benzene rings is 3. The molecule has 0 saturated heterocycles. The summed E-state index contributed by atoms with van der Waals surface area (Å²) >= 11 is 0. The zero-order chi connectivity index (χ0) is 31.4. The van der Waals surface area contributed by atoms with Gasteiger partial charge >= 0.3 is 0 Å². The maximum Gasteiger partial charge on any atom is 0.123 e. The highest BCUT2D eigenvalue weighted by molar-refractivity contribution is 6.04. The van der Waals surface area contributed by atoms with Crippen molar-refractivity contribution in [3.8, 4) is 11.4 Å². The van der Waals surface area contributed by atoms with Crippen LogP contribution in [0.1, 0.15) is 56.3 Å². The zero-order valence-corrected chi connectivity index (χ0v) is 26.9. The first-order valence-electron chi connectivity index (χ1n) is 16.3. The van der Waals surface area contributed by atoms with Crippen molar-refractivity contribution in [3.63, 3.8) is 0 Å². The monoisotopic (exact) mass is 598 g/mol. The Hall–Kier alpha value is -4.35. The number of nitrogens with zero attached hydrogens (tertiary/aromatic N) is 3. The molecule has 4 unspecified atom stereocenters. The van der Waals surface area contributed by atoms with E-state index in [-0.39, 0.29) is 23.9 Å². The van der Waals surface area contributed by atoms with Gasteiger partial charge in [-0.15, -0.1) is 0 Å². The van der Waals surface area contributed by atoms with Crippen molar-refractivity contribution < 1.29 is 4.39 Å². The largest absolute Gasteiger partial charge is 0.371 e. The second-order valence-corrected chi connectivity index (χ2v) is 12.9. The van der Waals surface area contributed by atoms with E-state index < -0.39 is 0 Å². The summed E-state index contributed by atoms with van der Waals surface area (Å²) in [7, 11) is 4.16. The van der Waals surface area contributed by atoms with E-state index in [9.17, 15) is 4.39 Å². The molecule has 0 spiro atoms. The van der Waals surface area contributed by atoms with E-state index in [2.05, 4.69) is 108 Å². The standard InChI is InChI=1S/C40H43FN4/c1-7-31(25(3)24-42-5)39-33-17-10-12-19-35(33)44-30-22-36(43(6)26(4)27-15-13-16-29(41)20-27)32(8-2)37(23-30)45-34-18-11-9-14-28(34)21-38(45)40(39)44/h7,9-21,30,32,36-37,42H,1,4,8,22-24H2,2-3,5-6H3/b31-25+. The molecule has 1 saturated carbocycles. The molecule has 1 fully saturated rings. The van der Waals surface area contributed by atoms with Gasteiger partial charge in [-0.1, -0.05) is 80.3 Å². The fraction of sp³-hybridized carbons (Fsp3) is 0.300. The lowest BCUT2D eigenvalue weighted by Crippen LogP contribution is -2.45. The van der Waals surface area contributed by atoms with Gasteiger partial charge in [-0.05, 0) is 75.1 Å². The third-order valence-corrected chi connectivity index (χ3v) is 10.5. The van der Waals surface area contributed by atoms with Crippen molar-refractivity contribution >= 4 is 33.1 Å². The number of allylic oxidation sites excluding steroid dienone is 2. The molecule has 0 radical (unpaired) electrons. The number of hydrogen-bond acceptors (Lipinski definition) is 2. The SMILES string of the molecule is C=C/C(=C(/C)CNC)c1c2n(c3ccccc13)C1CC(N(C)C(=C)c3cccc(F)c3)C(CC)C(C1)n1c-2cc2ccccc21. The van der Waals surface area contributed by atoms with Crippen molar-refractivity contribution in [2.45, 2.75) is 51.2 Å². The van der Waals surface area contributed by atoms with Crippen LogP contribution in [0.3, 0.4) is 0 Å². The molecule has 3 aromatic carbocycles. The fourth-order valence-corrected chi connectivity index (χ4v) is 8.56. The van der Waals surface area contributed by atoms with Gasteiger partial charge in [0.15, 0.2) is 0 Å². The molecule has 5 heteroatoms. The summed E-state index contributed by atoms with van der Waals surface area (Å²) in [5.74, 6) is 0.149. The lowest BCUT2D eigenvalue weighted by atomic mass is 9.75. The molecule has 45 heavy (non-hydrogen) atoms. The highest BCUT2D eigenvalue weighted by atomic mass is 19.1. The first-order valence-corrected chi connectivity index (χ1v) is 16.3. The molecule has 230 valence electrons. The van der Waals surface area contributed by atoms with Crippen LogP contribution < -0.4 is 5.32 Å². The molecule has 5 aromatic rings. The predicted octanol–water partition coefficient (Wildman–Crippen LogP) is 9.47. The summed E-state index contributed by atoms with van der Waals surface area (Å²) in [5, 5.41) is 5.89. The van der Waals surface area contributed by atoms with Crippen molar-refractivity contribution in [3.05, 3.63) is 121 Å². The van der Waals surface area contributed by atoms with E-state index in [1.807, 2.05) is 19.2 Å². The Morgan fingerprint density at radius 2 is 1.76 bits per heavy atom. The first kappa shape index (κ1) is 29.4. The number of likely N-dealkylation sites (N-methyl/N-ethyl adjacent to an activating group) is 1. The van der Waals surface area contributed by atoms with Crippen molar-refractivity contribution in [1.29, 1.82) is 0 Å². The van der Waals surface area contributed by atoms with Gasteiger partial charge in [-0.3, -0.25) is 0 Å². The Labute approximate surface area is 266 Å². The molecule has 7 rings (SSSR count). The molecule has 0 amide bonds. The summed E-state index contributed by atoms with van der Waals surface area (Å²) in [6, 6.07) is 27.8. The molecule has 1 aliphatic carbocycles. The number of para-hydroxylation sites is 2. The minimum Gasteiger partial charge on any atom is -0.371 e. The van der Waals surface area contributed by atoms with Crippen LogP contribution in [0.15, 0.2) is 104 Å². The summed E-state index contributed by atoms with van der Waals surface area (Å²) < 4.78 is 19.6. The van der Waals surface area contributed by atoms with Crippen molar-refractivity contribution in [2.75, 3.05) is 20.6 Å². The van der Waals surface area contributed by atoms with Gasteiger partial charge < -0.3 is 19.4 Å².